The Hall–Kier alpha value is -1.93. The third kappa shape index (κ3) is 4.91. The van der Waals surface area contributed by atoms with Crippen LogP contribution in [0.15, 0.2) is 59.5 Å². The average Bonchev–Trinajstić information content (AvgIpc) is 2.69. The zero-order valence-corrected chi connectivity index (χ0v) is 16.9. The Morgan fingerprint density at radius 1 is 1.00 bits per heavy atom. The summed E-state index contributed by atoms with van der Waals surface area (Å²) in [5, 5.41) is 9.58. The average molecular weight is 423 g/mol. The van der Waals surface area contributed by atoms with Crippen molar-refractivity contribution in [1.82, 2.24) is 9.21 Å². The maximum absolute atomic E-state index is 12.8. The number of aliphatic carboxylic acids is 1. The smallest absolute Gasteiger partial charge is 0.303 e. The standard InChI is InChI=1S/C20H23ClN2O4S/c21-17-6-8-18(9-7-17)28(26,27)23-14-12-22(13-15-23)19(10-11-20(24)25)16-4-2-1-3-5-16/h1-9,19H,10-15H2,(H,24,25)/t19-/m1/s1. The lowest BCUT2D eigenvalue weighted by Gasteiger charge is -2.39. The monoisotopic (exact) mass is 422 g/mol. The molecule has 0 radical (unpaired) electrons. The lowest BCUT2D eigenvalue weighted by Crippen LogP contribution is -2.49. The van der Waals surface area contributed by atoms with Crippen molar-refractivity contribution in [3.05, 3.63) is 65.2 Å². The number of rotatable bonds is 7. The van der Waals surface area contributed by atoms with Gasteiger partial charge in [0, 0.05) is 43.7 Å². The van der Waals surface area contributed by atoms with Gasteiger partial charge in [-0.15, -0.1) is 0 Å². The second-order valence-corrected chi connectivity index (χ2v) is 9.13. The van der Waals surface area contributed by atoms with E-state index in [1.54, 1.807) is 12.1 Å². The maximum atomic E-state index is 12.8. The fourth-order valence-corrected chi connectivity index (χ4v) is 5.05. The second kappa shape index (κ2) is 9.05. The zero-order valence-electron chi connectivity index (χ0n) is 15.4. The van der Waals surface area contributed by atoms with Gasteiger partial charge in [0.15, 0.2) is 0 Å². The molecule has 150 valence electrons. The molecule has 1 atom stereocenters. The van der Waals surface area contributed by atoms with Crippen molar-refractivity contribution in [3.8, 4) is 0 Å². The van der Waals surface area contributed by atoms with Crippen molar-refractivity contribution >= 4 is 27.6 Å². The van der Waals surface area contributed by atoms with Crippen molar-refractivity contribution in [2.24, 2.45) is 0 Å². The predicted molar refractivity (Wildman–Crippen MR) is 108 cm³/mol. The number of benzene rings is 2. The van der Waals surface area contributed by atoms with E-state index in [0.717, 1.165) is 5.56 Å². The number of carboxylic acid groups (broad SMARTS) is 1. The molecule has 0 spiro atoms. The maximum Gasteiger partial charge on any atom is 0.303 e. The van der Waals surface area contributed by atoms with Gasteiger partial charge in [-0.05, 0) is 36.2 Å². The SMILES string of the molecule is O=C(O)CC[C@H](c1ccccc1)N1CCN(S(=O)(=O)c2ccc(Cl)cc2)CC1. The van der Waals surface area contributed by atoms with Crippen LogP contribution in [-0.2, 0) is 14.8 Å². The summed E-state index contributed by atoms with van der Waals surface area (Å²) in [6, 6.07) is 15.9. The summed E-state index contributed by atoms with van der Waals surface area (Å²) in [6.45, 7) is 1.82. The summed E-state index contributed by atoms with van der Waals surface area (Å²) in [5.41, 5.74) is 1.05. The summed E-state index contributed by atoms with van der Waals surface area (Å²) in [4.78, 5) is 13.5. The zero-order chi connectivity index (χ0) is 20.1. The van der Waals surface area contributed by atoms with Crippen LogP contribution < -0.4 is 0 Å². The minimum Gasteiger partial charge on any atom is -0.481 e. The van der Waals surface area contributed by atoms with Crippen LogP contribution in [0.5, 0.6) is 0 Å². The summed E-state index contributed by atoms with van der Waals surface area (Å²) < 4.78 is 27.2. The number of hydrogen-bond donors (Lipinski definition) is 1. The molecule has 6 nitrogen and oxygen atoms in total. The van der Waals surface area contributed by atoms with Crippen molar-refractivity contribution < 1.29 is 18.3 Å². The van der Waals surface area contributed by atoms with Crippen LogP contribution in [0.4, 0.5) is 0 Å². The Balaban J connectivity index is 1.71. The van der Waals surface area contributed by atoms with E-state index in [9.17, 15) is 13.2 Å². The van der Waals surface area contributed by atoms with E-state index in [2.05, 4.69) is 4.90 Å². The highest BCUT2D eigenvalue weighted by Gasteiger charge is 2.31. The Labute approximate surface area is 170 Å². The van der Waals surface area contributed by atoms with Crippen molar-refractivity contribution in [1.29, 1.82) is 0 Å². The van der Waals surface area contributed by atoms with Crippen LogP contribution in [-0.4, -0.2) is 54.9 Å². The third-order valence-corrected chi connectivity index (χ3v) is 7.15. The quantitative estimate of drug-likeness (QED) is 0.741. The molecule has 0 amide bonds. The van der Waals surface area contributed by atoms with Gasteiger partial charge in [-0.1, -0.05) is 41.9 Å². The molecule has 1 aliphatic rings. The molecule has 2 aromatic carbocycles. The molecule has 2 aromatic rings. The van der Waals surface area contributed by atoms with Gasteiger partial charge in [0.1, 0.15) is 0 Å². The molecule has 1 N–H and O–H groups in total. The number of carbonyl (C=O) groups is 1. The first-order valence-electron chi connectivity index (χ1n) is 9.14. The molecule has 28 heavy (non-hydrogen) atoms. The molecule has 1 aliphatic heterocycles. The summed E-state index contributed by atoms with van der Waals surface area (Å²) in [5.74, 6) is -0.829. The molecule has 0 aromatic heterocycles. The highest BCUT2D eigenvalue weighted by atomic mass is 35.5. The van der Waals surface area contributed by atoms with E-state index < -0.39 is 16.0 Å². The molecule has 0 saturated carbocycles. The first-order chi connectivity index (χ1) is 13.4. The van der Waals surface area contributed by atoms with Crippen LogP contribution in [0, 0.1) is 0 Å². The van der Waals surface area contributed by atoms with Crippen LogP contribution in [0.2, 0.25) is 5.02 Å². The van der Waals surface area contributed by atoms with Crippen LogP contribution in [0.3, 0.4) is 0 Å². The number of piperazine rings is 1. The Morgan fingerprint density at radius 2 is 1.61 bits per heavy atom. The molecule has 0 aliphatic carbocycles. The van der Waals surface area contributed by atoms with Gasteiger partial charge in [-0.2, -0.15) is 4.31 Å². The molecule has 8 heteroatoms. The highest BCUT2D eigenvalue weighted by Crippen LogP contribution is 2.28. The summed E-state index contributed by atoms with van der Waals surface area (Å²) in [6.07, 6.45) is 0.562. The fraction of sp³-hybridized carbons (Fsp3) is 0.350. The van der Waals surface area contributed by atoms with Gasteiger partial charge < -0.3 is 5.11 Å². The second-order valence-electron chi connectivity index (χ2n) is 6.75. The molecule has 3 rings (SSSR count). The van der Waals surface area contributed by atoms with Gasteiger partial charge in [0.05, 0.1) is 4.90 Å². The van der Waals surface area contributed by atoms with Crippen LogP contribution in [0.25, 0.3) is 0 Å². The molecule has 0 bridgehead atoms. The number of sulfonamides is 1. The Bertz CT molecular complexity index is 896. The van der Waals surface area contributed by atoms with Gasteiger partial charge in [-0.3, -0.25) is 9.69 Å². The van der Waals surface area contributed by atoms with Gasteiger partial charge in [0.25, 0.3) is 0 Å². The van der Waals surface area contributed by atoms with E-state index in [1.165, 1.54) is 16.4 Å². The molecule has 1 saturated heterocycles. The van der Waals surface area contributed by atoms with Crippen LogP contribution in [0.1, 0.15) is 24.4 Å². The van der Waals surface area contributed by atoms with Crippen molar-refractivity contribution in [2.75, 3.05) is 26.2 Å². The molecular formula is C20H23ClN2O4S. The van der Waals surface area contributed by atoms with E-state index in [-0.39, 0.29) is 17.4 Å². The topological polar surface area (TPSA) is 77.9 Å². The van der Waals surface area contributed by atoms with E-state index >= 15 is 0 Å². The van der Waals surface area contributed by atoms with Gasteiger partial charge in [0.2, 0.25) is 10.0 Å². The van der Waals surface area contributed by atoms with E-state index in [0.29, 0.717) is 37.6 Å². The third-order valence-electron chi connectivity index (χ3n) is 4.98. The van der Waals surface area contributed by atoms with Crippen LogP contribution >= 0.6 is 11.6 Å². The normalized spacial score (nSPS) is 17.3. The largest absolute Gasteiger partial charge is 0.481 e. The predicted octanol–water partition coefficient (Wildman–Crippen LogP) is 3.25. The molecule has 1 heterocycles. The number of hydrogen-bond acceptors (Lipinski definition) is 4. The van der Waals surface area contributed by atoms with E-state index in [1.807, 2.05) is 30.3 Å². The van der Waals surface area contributed by atoms with Crippen molar-refractivity contribution in [3.63, 3.8) is 0 Å². The Kier molecular flexibility index (Phi) is 6.72. The minimum absolute atomic E-state index is 0.0438. The number of nitrogens with zero attached hydrogens (tertiary/aromatic N) is 2. The summed E-state index contributed by atoms with van der Waals surface area (Å²) in [7, 11) is -3.56. The fourth-order valence-electron chi connectivity index (χ4n) is 3.51. The highest BCUT2D eigenvalue weighted by molar-refractivity contribution is 7.89. The summed E-state index contributed by atoms with van der Waals surface area (Å²) >= 11 is 5.85. The molecule has 1 fully saturated rings. The molecule has 0 unspecified atom stereocenters. The minimum atomic E-state index is -3.56. The number of halogens is 1. The Morgan fingerprint density at radius 3 is 2.18 bits per heavy atom. The lowest BCUT2D eigenvalue weighted by atomic mass is 9.99. The molecular weight excluding hydrogens is 400 g/mol. The first-order valence-corrected chi connectivity index (χ1v) is 11.0. The van der Waals surface area contributed by atoms with Crippen molar-refractivity contribution in [2.45, 2.75) is 23.8 Å². The van der Waals surface area contributed by atoms with E-state index in [4.69, 9.17) is 16.7 Å². The first kappa shape index (κ1) is 20.8. The van der Waals surface area contributed by atoms with Gasteiger partial charge in [-0.25, -0.2) is 8.42 Å². The lowest BCUT2D eigenvalue weighted by molar-refractivity contribution is -0.137. The number of carboxylic acids is 1. The van der Waals surface area contributed by atoms with Gasteiger partial charge >= 0.3 is 5.97 Å².